The van der Waals surface area contributed by atoms with Gasteiger partial charge in [0.05, 0.1) is 0 Å². The van der Waals surface area contributed by atoms with E-state index in [4.69, 9.17) is 10.2 Å². The molecular formula is C20H37BrO5. The molecule has 0 saturated heterocycles. The number of hydrogen-bond donors (Lipinski definition) is 3. The van der Waals surface area contributed by atoms with Crippen LogP contribution in [0, 0.1) is 10.8 Å². The van der Waals surface area contributed by atoms with Gasteiger partial charge in [0.2, 0.25) is 0 Å². The highest BCUT2D eigenvalue weighted by Gasteiger charge is 2.33. The van der Waals surface area contributed by atoms with Gasteiger partial charge in [0.1, 0.15) is 4.83 Å². The van der Waals surface area contributed by atoms with Crippen molar-refractivity contribution in [3.05, 3.63) is 0 Å². The van der Waals surface area contributed by atoms with Crippen molar-refractivity contribution < 1.29 is 24.9 Å². The molecule has 26 heavy (non-hydrogen) atoms. The highest BCUT2D eigenvalue weighted by molar-refractivity contribution is 9.10. The van der Waals surface area contributed by atoms with Crippen molar-refractivity contribution in [2.75, 3.05) is 0 Å². The average Bonchev–Trinajstić information content (AvgIpc) is 2.54. The number of carboxylic acids is 2. The number of aliphatic hydroxyl groups is 1. The predicted octanol–water partition coefficient (Wildman–Crippen LogP) is 5.23. The largest absolute Gasteiger partial charge is 0.480 e. The fourth-order valence-electron chi connectivity index (χ4n) is 3.15. The Kier molecular flexibility index (Phi) is 11.7. The second kappa shape index (κ2) is 12.0. The molecule has 0 aromatic heterocycles. The lowest BCUT2D eigenvalue weighted by Crippen LogP contribution is -2.36. The first-order chi connectivity index (χ1) is 11.9. The van der Waals surface area contributed by atoms with Gasteiger partial charge in [-0.1, -0.05) is 95.0 Å². The van der Waals surface area contributed by atoms with E-state index in [1.165, 1.54) is 19.3 Å². The van der Waals surface area contributed by atoms with Crippen molar-refractivity contribution in [2.45, 2.75) is 103 Å². The van der Waals surface area contributed by atoms with E-state index in [2.05, 4.69) is 15.9 Å². The van der Waals surface area contributed by atoms with Gasteiger partial charge in [-0.2, -0.15) is 0 Å². The van der Waals surface area contributed by atoms with Crippen molar-refractivity contribution in [2.24, 2.45) is 10.8 Å². The van der Waals surface area contributed by atoms with Gasteiger partial charge in [0.15, 0.2) is 6.10 Å². The average molecular weight is 437 g/mol. The van der Waals surface area contributed by atoms with Crippen LogP contribution < -0.4 is 0 Å². The van der Waals surface area contributed by atoms with Crippen LogP contribution in [-0.2, 0) is 9.59 Å². The van der Waals surface area contributed by atoms with E-state index in [1.54, 1.807) is 13.8 Å². The molecule has 0 spiro atoms. The first-order valence-corrected chi connectivity index (χ1v) is 10.6. The van der Waals surface area contributed by atoms with Crippen LogP contribution in [0.3, 0.4) is 0 Å². The van der Waals surface area contributed by atoms with Crippen molar-refractivity contribution in [3.8, 4) is 0 Å². The van der Waals surface area contributed by atoms with Crippen LogP contribution in [0.5, 0.6) is 0 Å². The molecule has 0 rings (SSSR count). The number of aliphatic carboxylic acids is 2. The number of halogens is 1. The number of alkyl halides is 1. The quantitative estimate of drug-likeness (QED) is 0.241. The Labute approximate surface area is 166 Å². The van der Waals surface area contributed by atoms with Gasteiger partial charge in [-0.15, -0.1) is 0 Å². The third-order valence-electron chi connectivity index (χ3n) is 5.27. The van der Waals surface area contributed by atoms with Crippen LogP contribution in [-0.4, -0.2) is 38.2 Å². The van der Waals surface area contributed by atoms with Gasteiger partial charge in [-0.3, -0.25) is 4.79 Å². The monoisotopic (exact) mass is 436 g/mol. The number of carbonyl (C=O) groups is 2. The summed E-state index contributed by atoms with van der Waals surface area (Å²) in [5.41, 5.74) is -0.818. The van der Waals surface area contributed by atoms with Crippen LogP contribution in [0.25, 0.3) is 0 Å². The van der Waals surface area contributed by atoms with Crippen LogP contribution in [0.2, 0.25) is 0 Å². The lowest BCUT2D eigenvalue weighted by molar-refractivity contribution is -0.153. The number of aliphatic hydroxyl groups excluding tert-OH is 1. The second-order valence-corrected chi connectivity index (χ2v) is 9.66. The Morgan fingerprint density at radius 3 is 1.42 bits per heavy atom. The van der Waals surface area contributed by atoms with Gasteiger partial charge in [-0.05, 0) is 18.3 Å². The molecular weight excluding hydrogens is 400 g/mol. The summed E-state index contributed by atoms with van der Waals surface area (Å²) in [5.74, 6) is -1.94. The van der Waals surface area contributed by atoms with Crippen molar-refractivity contribution in [1.29, 1.82) is 0 Å². The third-order valence-corrected chi connectivity index (χ3v) is 6.90. The summed E-state index contributed by atoms with van der Waals surface area (Å²) >= 11 is 3.26. The minimum absolute atomic E-state index is 0.237. The maximum absolute atomic E-state index is 11.0. The van der Waals surface area contributed by atoms with Crippen LogP contribution in [0.1, 0.15) is 91.9 Å². The zero-order valence-corrected chi connectivity index (χ0v) is 18.3. The van der Waals surface area contributed by atoms with Gasteiger partial charge in [-0.25, -0.2) is 4.79 Å². The molecule has 0 saturated carbocycles. The topological polar surface area (TPSA) is 94.8 Å². The number of carboxylic acid groups (broad SMARTS) is 2. The van der Waals surface area contributed by atoms with E-state index in [9.17, 15) is 14.7 Å². The van der Waals surface area contributed by atoms with E-state index in [0.29, 0.717) is 6.42 Å². The molecule has 0 aliphatic carbocycles. The number of hydrogen-bond acceptors (Lipinski definition) is 3. The van der Waals surface area contributed by atoms with E-state index < -0.39 is 28.3 Å². The lowest BCUT2D eigenvalue weighted by atomic mass is 9.81. The molecule has 0 unspecified atom stereocenters. The van der Waals surface area contributed by atoms with E-state index in [-0.39, 0.29) is 5.41 Å². The molecule has 0 radical (unpaired) electrons. The molecule has 0 bridgehead atoms. The molecule has 2 atom stereocenters. The highest BCUT2D eigenvalue weighted by atomic mass is 79.9. The van der Waals surface area contributed by atoms with E-state index in [1.807, 2.05) is 13.8 Å². The highest BCUT2D eigenvalue weighted by Crippen LogP contribution is 2.33. The van der Waals surface area contributed by atoms with Gasteiger partial charge >= 0.3 is 11.9 Å². The van der Waals surface area contributed by atoms with Crippen LogP contribution >= 0.6 is 15.9 Å². The maximum Gasteiger partial charge on any atom is 0.333 e. The lowest BCUT2D eigenvalue weighted by Gasteiger charge is -2.27. The Morgan fingerprint density at radius 1 is 0.731 bits per heavy atom. The van der Waals surface area contributed by atoms with E-state index in [0.717, 1.165) is 38.5 Å². The normalized spacial score (nSPS) is 14.8. The molecule has 0 fully saturated rings. The summed E-state index contributed by atoms with van der Waals surface area (Å²) < 4.78 is 0. The zero-order chi connectivity index (χ0) is 20.4. The summed E-state index contributed by atoms with van der Waals surface area (Å²) in [5, 5.41) is 27.6. The molecule has 0 aromatic rings. The SMILES string of the molecule is CC(C)(CCCCCCCCCCC(C)(C)[C@H](Br)C(=O)O)[C@H](O)C(=O)O. The van der Waals surface area contributed by atoms with Crippen LogP contribution in [0.15, 0.2) is 0 Å². The van der Waals surface area contributed by atoms with Crippen molar-refractivity contribution in [3.63, 3.8) is 0 Å². The fourth-order valence-corrected chi connectivity index (χ4v) is 3.38. The Bertz CT molecular complexity index is 394. The molecule has 0 amide bonds. The Balaban J connectivity index is 3.69. The fraction of sp³-hybridized carbons (Fsp3) is 0.900. The summed E-state index contributed by atoms with van der Waals surface area (Å²) in [7, 11) is 0. The summed E-state index contributed by atoms with van der Waals surface area (Å²) in [6, 6.07) is 0. The van der Waals surface area contributed by atoms with E-state index >= 15 is 0 Å². The summed E-state index contributed by atoms with van der Waals surface area (Å²) in [6.07, 6.45) is 9.13. The first-order valence-electron chi connectivity index (χ1n) is 9.69. The third kappa shape index (κ3) is 9.91. The molecule has 5 nitrogen and oxygen atoms in total. The minimum Gasteiger partial charge on any atom is -0.480 e. The zero-order valence-electron chi connectivity index (χ0n) is 16.8. The first kappa shape index (κ1) is 25.4. The second-order valence-electron chi connectivity index (χ2n) is 8.75. The number of rotatable bonds is 15. The minimum atomic E-state index is -1.30. The number of unbranched alkanes of at least 4 members (excludes halogenated alkanes) is 7. The molecule has 0 aliphatic heterocycles. The van der Waals surface area contributed by atoms with Gasteiger partial charge < -0.3 is 15.3 Å². The molecule has 3 N–H and O–H groups in total. The molecule has 0 aromatic carbocycles. The summed E-state index contributed by atoms with van der Waals surface area (Å²) in [6.45, 7) is 7.58. The van der Waals surface area contributed by atoms with Crippen molar-refractivity contribution in [1.82, 2.24) is 0 Å². The molecule has 6 heteroatoms. The maximum atomic E-state index is 11.0. The Hall–Kier alpha value is -0.620. The Morgan fingerprint density at radius 2 is 1.08 bits per heavy atom. The molecule has 0 heterocycles. The molecule has 154 valence electrons. The molecule has 0 aliphatic rings. The summed E-state index contributed by atoms with van der Waals surface area (Å²) in [4.78, 5) is 21.4. The smallest absolute Gasteiger partial charge is 0.333 e. The van der Waals surface area contributed by atoms with Gasteiger partial charge in [0, 0.05) is 5.41 Å². The standard InChI is InChI=1S/C20H37BrO5/c1-19(2,15(21)17(23)24)13-11-9-7-5-6-8-10-12-14-20(3,4)16(22)18(25)26/h15-16,22H,5-14H2,1-4H3,(H,23,24)(H,25,26)/t15-,16-/m1/s1. The van der Waals surface area contributed by atoms with Crippen molar-refractivity contribution >= 4 is 27.9 Å². The van der Waals surface area contributed by atoms with Crippen LogP contribution in [0.4, 0.5) is 0 Å². The van der Waals surface area contributed by atoms with Gasteiger partial charge in [0.25, 0.3) is 0 Å². The predicted molar refractivity (Wildman–Crippen MR) is 108 cm³/mol.